The fourth-order valence-corrected chi connectivity index (χ4v) is 1.76. The van der Waals surface area contributed by atoms with E-state index in [0.29, 0.717) is 5.82 Å². The molecular weight excluding hydrogens is 272 g/mol. The summed E-state index contributed by atoms with van der Waals surface area (Å²) in [6.45, 7) is 5.59. The first kappa shape index (κ1) is 15.0. The second-order valence-corrected chi connectivity index (χ2v) is 4.89. The molecule has 6 heteroatoms. The lowest BCUT2D eigenvalue weighted by molar-refractivity contribution is -0.144. The van der Waals surface area contributed by atoms with Crippen LogP contribution in [0, 0.1) is 6.92 Å². The van der Waals surface area contributed by atoms with Crippen LogP contribution in [0.15, 0.2) is 28.8 Å². The summed E-state index contributed by atoms with van der Waals surface area (Å²) in [6.07, 6.45) is 0.260. The molecule has 0 fully saturated rings. The number of carbonyl (C=O) groups is 1. The zero-order chi connectivity index (χ0) is 15.2. The molecule has 0 saturated heterocycles. The van der Waals surface area contributed by atoms with Crippen molar-refractivity contribution in [1.82, 2.24) is 10.1 Å². The zero-order valence-electron chi connectivity index (χ0n) is 12.3. The van der Waals surface area contributed by atoms with Gasteiger partial charge in [-0.15, -0.1) is 0 Å². The van der Waals surface area contributed by atoms with Gasteiger partial charge in [-0.1, -0.05) is 17.3 Å². The normalized spacial score (nSPS) is 10.7. The Balaban J connectivity index is 1.87. The third-order valence-corrected chi connectivity index (χ3v) is 2.54. The Hall–Kier alpha value is -2.37. The van der Waals surface area contributed by atoms with E-state index in [1.165, 1.54) is 0 Å². The Morgan fingerprint density at radius 2 is 2.19 bits per heavy atom. The van der Waals surface area contributed by atoms with Crippen molar-refractivity contribution in [3.05, 3.63) is 41.5 Å². The summed E-state index contributed by atoms with van der Waals surface area (Å²) in [5.41, 5.74) is 0.833. The third kappa shape index (κ3) is 4.91. The predicted octanol–water partition coefficient (Wildman–Crippen LogP) is 2.45. The number of aromatic nitrogens is 2. The summed E-state index contributed by atoms with van der Waals surface area (Å²) in [7, 11) is 0. The molecule has 0 N–H and O–H groups in total. The van der Waals surface area contributed by atoms with E-state index >= 15 is 0 Å². The van der Waals surface area contributed by atoms with Crippen LogP contribution in [0.25, 0.3) is 0 Å². The molecule has 2 aromatic rings. The Bertz CT molecular complexity index is 607. The van der Waals surface area contributed by atoms with E-state index in [2.05, 4.69) is 10.1 Å². The molecule has 0 saturated carbocycles. The highest BCUT2D eigenvalue weighted by Crippen LogP contribution is 2.15. The first-order valence-corrected chi connectivity index (χ1v) is 6.73. The van der Waals surface area contributed by atoms with Gasteiger partial charge < -0.3 is 14.0 Å². The lowest BCUT2D eigenvalue weighted by atomic mass is 10.1. The van der Waals surface area contributed by atoms with Crippen LogP contribution in [-0.2, 0) is 22.6 Å². The van der Waals surface area contributed by atoms with E-state index < -0.39 is 0 Å². The molecule has 0 amide bonds. The van der Waals surface area contributed by atoms with Gasteiger partial charge in [0.05, 0.1) is 12.5 Å². The standard InChI is InChI=1S/C15H18N2O4/c1-10(2)20-13-6-4-5-12(7-13)8-15(18)19-9-14-16-11(3)17-21-14/h4-7,10H,8-9H2,1-3H3. The van der Waals surface area contributed by atoms with Gasteiger partial charge in [-0.05, 0) is 38.5 Å². The van der Waals surface area contributed by atoms with E-state index in [4.69, 9.17) is 14.0 Å². The van der Waals surface area contributed by atoms with Crippen molar-refractivity contribution in [2.45, 2.75) is 39.9 Å². The molecule has 112 valence electrons. The Labute approximate surface area is 123 Å². The molecule has 1 aromatic heterocycles. The van der Waals surface area contributed by atoms with Crippen LogP contribution in [0.1, 0.15) is 31.1 Å². The quantitative estimate of drug-likeness (QED) is 0.761. The maximum atomic E-state index is 11.8. The molecule has 6 nitrogen and oxygen atoms in total. The number of hydrogen-bond acceptors (Lipinski definition) is 6. The fourth-order valence-electron chi connectivity index (χ4n) is 1.76. The summed E-state index contributed by atoms with van der Waals surface area (Å²) in [4.78, 5) is 15.7. The van der Waals surface area contributed by atoms with Crippen LogP contribution in [0.3, 0.4) is 0 Å². The Morgan fingerprint density at radius 1 is 1.38 bits per heavy atom. The minimum Gasteiger partial charge on any atom is -0.491 e. The van der Waals surface area contributed by atoms with Crippen molar-refractivity contribution >= 4 is 5.97 Å². The third-order valence-electron chi connectivity index (χ3n) is 2.54. The van der Waals surface area contributed by atoms with Crippen molar-refractivity contribution < 1.29 is 18.8 Å². The summed E-state index contributed by atoms with van der Waals surface area (Å²) in [6, 6.07) is 7.39. The van der Waals surface area contributed by atoms with E-state index in [0.717, 1.165) is 11.3 Å². The molecule has 0 unspecified atom stereocenters. The van der Waals surface area contributed by atoms with Crippen molar-refractivity contribution in [2.75, 3.05) is 0 Å². The summed E-state index contributed by atoms with van der Waals surface area (Å²) in [5.74, 6) is 1.19. The Kier molecular flexibility index (Phi) is 4.92. The number of benzene rings is 1. The van der Waals surface area contributed by atoms with Gasteiger partial charge in [0.1, 0.15) is 5.75 Å². The van der Waals surface area contributed by atoms with E-state index in [1.807, 2.05) is 38.1 Å². The number of ether oxygens (including phenoxy) is 2. The molecule has 0 radical (unpaired) electrons. The minimum atomic E-state index is -0.354. The minimum absolute atomic E-state index is 0.0120. The lowest BCUT2D eigenvalue weighted by Gasteiger charge is -2.10. The molecule has 0 atom stereocenters. The van der Waals surface area contributed by atoms with Crippen LogP contribution >= 0.6 is 0 Å². The molecule has 0 aliphatic rings. The molecule has 2 rings (SSSR count). The van der Waals surface area contributed by atoms with Gasteiger partial charge in [0.15, 0.2) is 12.4 Å². The van der Waals surface area contributed by atoms with Gasteiger partial charge in [0, 0.05) is 0 Å². The molecule has 21 heavy (non-hydrogen) atoms. The molecule has 0 spiro atoms. The van der Waals surface area contributed by atoms with Gasteiger partial charge in [-0.2, -0.15) is 4.98 Å². The smallest absolute Gasteiger partial charge is 0.310 e. The average molecular weight is 290 g/mol. The lowest BCUT2D eigenvalue weighted by Crippen LogP contribution is -2.09. The molecule has 0 aliphatic heterocycles. The van der Waals surface area contributed by atoms with Crippen molar-refractivity contribution in [1.29, 1.82) is 0 Å². The SMILES string of the molecule is Cc1noc(COC(=O)Cc2cccc(OC(C)C)c2)n1. The van der Waals surface area contributed by atoms with Crippen molar-refractivity contribution in [2.24, 2.45) is 0 Å². The maximum Gasteiger partial charge on any atom is 0.310 e. The molecule has 0 aliphatic carbocycles. The average Bonchev–Trinajstić information content (AvgIpc) is 2.82. The van der Waals surface area contributed by atoms with Crippen LogP contribution in [0.4, 0.5) is 0 Å². The second-order valence-electron chi connectivity index (χ2n) is 4.89. The van der Waals surface area contributed by atoms with Gasteiger partial charge in [0.25, 0.3) is 5.89 Å². The second kappa shape index (κ2) is 6.88. The zero-order valence-corrected chi connectivity index (χ0v) is 12.3. The molecule has 1 aromatic carbocycles. The van der Waals surface area contributed by atoms with Gasteiger partial charge >= 0.3 is 5.97 Å². The number of hydrogen-bond donors (Lipinski definition) is 0. The number of aryl methyl sites for hydroxylation is 1. The fraction of sp³-hybridized carbons (Fsp3) is 0.400. The Morgan fingerprint density at radius 3 is 2.86 bits per heavy atom. The molecule has 0 bridgehead atoms. The first-order valence-electron chi connectivity index (χ1n) is 6.73. The highest BCUT2D eigenvalue weighted by atomic mass is 16.6. The van der Waals surface area contributed by atoms with E-state index in [1.54, 1.807) is 6.92 Å². The van der Waals surface area contributed by atoms with Gasteiger partial charge in [-0.25, -0.2) is 0 Å². The largest absolute Gasteiger partial charge is 0.491 e. The molecule has 1 heterocycles. The number of esters is 1. The van der Waals surface area contributed by atoms with Crippen LogP contribution in [-0.4, -0.2) is 22.2 Å². The van der Waals surface area contributed by atoms with Crippen LogP contribution < -0.4 is 4.74 Å². The first-order chi connectivity index (χ1) is 10.0. The van der Waals surface area contributed by atoms with Crippen molar-refractivity contribution in [3.8, 4) is 5.75 Å². The summed E-state index contributed by atoms with van der Waals surface area (Å²) < 4.78 is 15.5. The van der Waals surface area contributed by atoms with Crippen LogP contribution in [0.2, 0.25) is 0 Å². The number of rotatable bonds is 6. The predicted molar refractivity (Wildman–Crippen MR) is 74.7 cm³/mol. The maximum absolute atomic E-state index is 11.8. The van der Waals surface area contributed by atoms with Crippen LogP contribution in [0.5, 0.6) is 5.75 Å². The highest BCUT2D eigenvalue weighted by Gasteiger charge is 2.09. The molecular formula is C15H18N2O4. The number of nitrogens with zero attached hydrogens (tertiary/aromatic N) is 2. The van der Waals surface area contributed by atoms with E-state index in [-0.39, 0.29) is 31.0 Å². The number of carbonyl (C=O) groups excluding carboxylic acids is 1. The van der Waals surface area contributed by atoms with E-state index in [9.17, 15) is 4.79 Å². The summed E-state index contributed by atoms with van der Waals surface area (Å²) >= 11 is 0. The topological polar surface area (TPSA) is 74.5 Å². The van der Waals surface area contributed by atoms with Gasteiger partial charge in [-0.3, -0.25) is 4.79 Å². The summed E-state index contributed by atoms with van der Waals surface area (Å²) in [5, 5.41) is 3.62. The van der Waals surface area contributed by atoms with Gasteiger partial charge in [0.2, 0.25) is 0 Å². The monoisotopic (exact) mass is 290 g/mol. The highest BCUT2D eigenvalue weighted by molar-refractivity contribution is 5.72. The van der Waals surface area contributed by atoms with Crippen molar-refractivity contribution in [3.63, 3.8) is 0 Å².